The van der Waals surface area contributed by atoms with Crippen molar-refractivity contribution in [2.24, 2.45) is 5.92 Å². The lowest BCUT2D eigenvalue weighted by atomic mass is 10.0. The minimum Gasteiger partial charge on any atom is -0.480 e. The summed E-state index contributed by atoms with van der Waals surface area (Å²) in [5, 5.41) is 20.4. The standard InChI is InChI=1S/C11H17N3O5/c1-6(7(2)15)10(17)14-9(11(18)19)4-3-8(16)5-13-12/h5-7,9,15H,3-4H2,1-2H3,(H,14,17)(H,18,19). The SMILES string of the molecule is CC(O)C(C)C(=O)NC(CCC(=O)C=[N+]=[N-])C(=O)O. The fraction of sp³-hybridized carbons (Fsp3) is 0.636. The molecule has 8 nitrogen and oxygen atoms in total. The Kier molecular flexibility index (Phi) is 7.25. The van der Waals surface area contributed by atoms with Crippen molar-refractivity contribution < 1.29 is 29.4 Å². The predicted octanol–water partition coefficient (Wildman–Crippen LogP) is -0.777. The number of carboxylic acid groups (broad SMARTS) is 1. The van der Waals surface area contributed by atoms with Crippen LogP contribution in [-0.4, -0.2) is 51.0 Å². The molecule has 3 unspecified atom stereocenters. The molecule has 0 fully saturated rings. The maximum Gasteiger partial charge on any atom is 0.326 e. The van der Waals surface area contributed by atoms with E-state index < -0.39 is 35.7 Å². The topological polar surface area (TPSA) is 140 Å². The van der Waals surface area contributed by atoms with E-state index in [4.69, 9.17) is 10.6 Å². The number of carbonyl (C=O) groups is 3. The lowest BCUT2D eigenvalue weighted by Crippen LogP contribution is -2.45. The van der Waals surface area contributed by atoms with Gasteiger partial charge in [0, 0.05) is 6.42 Å². The van der Waals surface area contributed by atoms with Gasteiger partial charge in [0.05, 0.1) is 12.0 Å². The fourth-order valence-corrected chi connectivity index (χ4v) is 1.20. The van der Waals surface area contributed by atoms with E-state index in [9.17, 15) is 19.5 Å². The molecule has 0 spiro atoms. The zero-order valence-corrected chi connectivity index (χ0v) is 10.7. The summed E-state index contributed by atoms with van der Waals surface area (Å²) in [6.45, 7) is 2.88. The molecular weight excluding hydrogens is 254 g/mol. The molecule has 3 N–H and O–H groups in total. The number of Topliss-reactive ketones (excluding diaryl/α,β-unsaturated/α-hetero) is 1. The van der Waals surface area contributed by atoms with Gasteiger partial charge in [-0.3, -0.25) is 9.59 Å². The van der Waals surface area contributed by atoms with Crippen LogP contribution in [-0.2, 0) is 14.4 Å². The van der Waals surface area contributed by atoms with Crippen molar-refractivity contribution in [3.05, 3.63) is 5.53 Å². The van der Waals surface area contributed by atoms with Crippen LogP contribution >= 0.6 is 0 Å². The van der Waals surface area contributed by atoms with Crippen LogP contribution in [0.4, 0.5) is 0 Å². The summed E-state index contributed by atoms with van der Waals surface area (Å²) >= 11 is 0. The number of carboxylic acids is 1. The molecule has 3 atom stereocenters. The molecule has 0 bridgehead atoms. The maximum absolute atomic E-state index is 11.6. The Morgan fingerprint density at radius 1 is 1.37 bits per heavy atom. The third kappa shape index (κ3) is 6.44. The minimum absolute atomic E-state index is 0.127. The van der Waals surface area contributed by atoms with E-state index in [1.165, 1.54) is 13.8 Å². The first-order chi connectivity index (χ1) is 8.79. The van der Waals surface area contributed by atoms with Gasteiger partial charge in [-0.2, -0.15) is 4.79 Å². The summed E-state index contributed by atoms with van der Waals surface area (Å²) in [7, 11) is 0. The van der Waals surface area contributed by atoms with Crippen molar-refractivity contribution >= 4 is 23.9 Å². The van der Waals surface area contributed by atoms with Crippen molar-refractivity contribution in [2.75, 3.05) is 0 Å². The normalized spacial score (nSPS) is 14.7. The van der Waals surface area contributed by atoms with Gasteiger partial charge in [0.25, 0.3) is 0 Å². The van der Waals surface area contributed by atoms with Crippen LogP contribution in [0.2, 0.25) is 0 Å². The lowest BCUT2D eigenvalue weighted by Gasteiger charge is -2.18. The van der Waals surface area contributed by atoms with E-state index in [2.05, 4.69) is 10.1 Å². The van der Waals surface area contributed by atoms with Gasteiger partial charge in [0.1, 0.15) is 6.04 Å². The maximum atomic E-state index is 11.6. The number of ketones is 1. The molecule has 1 amide bonds. The Bertz CT molecular complexity index is 401. The Morgan fingerprint density at radius 2 is 1.95 bits per heavy atom. The van der Waals surface area contributed by atoms with Gasteiger partial charge in [-0.15, -0.1) is 0 Å². The van der Waals surface area contributed by atoms with Crippen LogP contribution in [0.3, 0.4) is 0 Å². The molecule has 0 saturated carbocycles. The molecule has 0 aromatic rings. The summed E-state index contributed by atoms with van der Waals surface area (Å²) in [5.74, 6) is -3.19. The number of hydrogen-bond donors (Lipinski definition) is 3. The summed E-state index contributed by atoms with van der Waals surface area (Å²) in [6.07, 6.45) is -0.542. The van der Waals surface area contributed by atoms with Crippen LogP contribution in [0, 0.1) is 5.92 Å². The molecule has 8 heteroatoms. The molecule has 0 heterocycles. The second-order valence-electron chi connectivity index (χ2n) is 4.18. The van der Waals surface area contributed by atoms with Gasteiger partial charge in [-0.05, 0) is 13.3 Å². The Balaban J connectivity index is 4.50. The zero-order valence-electron chi connectivity index (χ0n) is 10.7. The van der Waals surface area contributed by atoms with Gasteiger partial charge in [0.2, 0.25) is 11.7 Å². The summed E-state index contributed by atoms with van der Waals surface area (Å²) < 4.78 is 0. The van der Waals surface area contributed by atoms with E-state index in [0.717, 1.165) is 0 Å². The van der Waals surface area contributed by atoms with Crippen LogP contribution in [0.5, 0.6) is 0 Å². The number of nitrogens with zero attached hydrogens (tertiary/aromatic N) is 2. The fourth-order valence-electron chi connectivity index (χ4n) is 1.20. The average molecular weight is 271 g/mol. The monoisotopic (exact) mass is 271 g/mol. The highest BCUT2D eigenvalue weighted by molar-refractivity contribution is 6.25. The summed E-state index contributed by atoms with van der Waals surface area (Å²) in [4.78, 5) is 36.1. The number of aliphatic hydroxyl groups is 1. The zero-order chi connectivity index (χ0) is 15.0. The number of carbonyl (C=O) groups excluding carboxylic acids is 2. The number of nitrogens with one attached hydrogen (secondary N) is 1. The van der Waals surface area contributed by atoms with Crippen molar-refractivity contribution in [1.82, 2.24) is 5.32 Å². The Morgan fingerprint density at radius 3 is 2.37 bits per heavy atom. The number of aliphatic carboxylic acids is 1. The van der Waals surface area contributed by atoms with Crippen LogP contribution in [0.15, 0.2) is 0 Å². The Labute approximate surface area is 110 Å². The molecule has 0 saturated heterocycles. The largest absolute Gasteiger partial charge is 0.480 e. The minimum atomic E-state index is -1.28. The number of rotatable bonds is 8. The van der Waals surface area contributed by atoms with Gasteiger partial charge < -0.3 is 21.1 Å². The molecule has 0 aliphatic rings. The third-order valence-corrected chi connectivity index (χ3v) is 2.63. The highest BCUT2D eigenvalue weighted by Gasteiger charge is 2.25. The summed E-state index contributed by atoms with van der Waals surface area (Å²) in [5.41, 5.74) is 8.13. The predicted molar refractivity (Wildman–Crippen MR) is 64.3 cm³/mol. The lowest BCUT2D eigenvalue weighted by molar-refractivity contribution is -0.143. The molecule has 0 aromatic heterocycles. The van der Waals surface area contributed by atoms with Crippen LogP contribution in [0.1, 0.15) is 26.7 Å². The van der Waals surface area contributed by atoms with E-state index in [0.29, 0.717) is 6.21 Å². The first-order valence-corrected chi connectivity index (χ1v) is 5.71. The van der Waals surface area contributed by atoms with E-state index >= 15 is 0 Å². The molecular formula is C11H17N3O5. The van der Waals surface area contributed by atoms with Gasteiger partial charge >= 0.3 is 12.2 Å². The van der Waals surface area contributed by atoms with Crippen LogP contribution in [0.25, 0.3) is 5.53 Å². The third-order valence-electron chi connectivity index (χ3n) is 2.63. The number of hydrogen-bond acceptors (Lipinski definition) is 4. The highest BCUT2D eigenvalue weighted by atomic mass is 16.4. The van der Waals surface area contributed by atoms with Crippen molar-refractivity contribution in [2.45, 2.75) is 38.8 Å². The first-order valence-electron chi connectivity index (χ1n) is 5.71. The van der Waals surface area contributed by atoms with Gasteiger partial charge in [0.15, 0.2) is 0 Å². The molecule has 0 aliphatic carbocycles. The van der Waals surface area contributed by atoms with Gasteiger partial charge in [-0.25, -0.2) is 4.79 Å². The van der Waals surface area contributed by atoms with Crippen molar-refractivity contribution in [3.63, 3.8) is 0 Å². The van der Waals surface area contributed by atoms with E-state index in [1.54, 1.807) is 0 Å². The molecule has 106 valence electrons. The Hall–Kier alpha value is -2.05. The summed E-state index contributed by atoms with van der Waals surface area (Å²) in [6, 6.07) is -1.23. The van der Waals surface area contributed by atoms with E-state index in [-0.39, 0.29) is 12.8 Å². The molecule has 19 heavy (non-hydrogen) atoms. The average Bonchev–Trinajstić information content (AvgIpc) is 2.32. The van der Waals surface area contributed by atoms with Gasteiger partial charge in [-0.1, -0.05) is 6.92 Å². The number of aliphatic hydroxyl groups excluding tert-OH is 1. The number of amides is 1. The highest BCUT2D eigenvalue weighted by Crippen LogP contribution is 2.05. The molecule has 0 aliphatic heterocycles. The molecule has 0 radical (unpaired) electrons. The van der Waals surface area contributed by atoms with Crippen molar-refractivity contribution in [3.8, 4) is 0 Å². The smallest absolute Gasteiger partial charge is 0.326 e. The molecule has 0 aromatic carbocycles. The molecule has 0 rings (SSSR count). The second-order valence-corrected chi connectivity index (χ2v) is 4.18. The van der Waals surface area contributed by atoms with Crippen molar-refractivity contribution in [1.29, 1.82) is 0 Å². The first kappa shape index (κ1) is 16.9. The second kappa shape index (κ2) is 8.12. The van der Waals surface area contributed by atoms with Crippen LogP contribution < -0.4 is 5.32 Å². The quantitative estimate of drug-likeness (QED) is 0.302. The van der Waals surface area contributed by atoms with E-state index in [1.807, 2.05) is 0 Å².